The number of ether oxygens (including phenoxy) is 2. The number of aromatic nitrogens is 2. The lowest BCUT2D eigenvalue weighted by atomic mass is 10.1. The minimum Gasteiger partial charge on any atom is -0.494 e. The van der Waals surface area contributed by atoms with Crippen molar-refractivity contribution in [2.45, 2.75) is 46.3 Å². The molecule has 44 heavy (non-hydrogen) atoms. The maximum absolute atomic E-state index is 13.2. The lowest BCUT2D eigenvalue weighted by Crippen LogP contribution is -2.26. The van der Waals surface area contributed by atoms with Crippen LogP contribution in [0, 0.1) is 5.92 Å². The van der Waals surface area contributed by atoms with Gasteiger partial charge in [0.05, 0.1) is 24.6 Å². The molecular formula is C31H41BrN5O6P. The number of likely N-dealkylation sites (N-methyl/N-ethyl adjacent to an activating group) is 1. The molecule has 238 valence electrons. The molecule has 2 aromatic carbocycles. The van der Waals surface area contributed by atoms with Crippen LogP contribution in [0.2, 0.25) is 0 Å². The molecule has 0 aliphatic carbocycles. The Morgan fingerprint density at radius 1 is 1.18 bits per heavy atom. The van der Waals surface area contributed by atoms with Gasteiger partial charge in [0.25, 0.3) is 0 Å². The summed E-state index contributed by atoms with van der Waals surface area (Å²) in [5, 5.41) is 6.85. The average molecular weight is 691 g/mol. The lowest BCUT2D eigenvalue weighted by molar-refractivity contribution is -0.165. The van der Waals surface area contributed by atoms with E-state index in [0.717, 1.165) is 10.2 Å². The minimum atomic E-state index is -3.14. The molecule has 0 spiro atoms. The number of carbonyl (C=O) groups excluding carboxylic acids is 2. The van der Waals surface area contributed by atoms with Gasteiger partial charge in [0.2, 0.25) is 19.6 Å². The Hall–Kier alpha value is -3.31. The first-order chi connectivity index (χ1) is 20.9. The van der Waals surface area contributed by atoms with E-state index in [-0.39, 0.29) is 30.5 Å². The zero-order valence-corrected chi connectivity index (χ0v) is 28.5. The van der Waals surface area contributed by atoms with Crippen LogP contribution in [0.4, 0.5) is 17.2 Å². The van der Waals surface area contributed by atoms with E-state index in [1.165, 1.54) is 26.2 Å². The summed E-state index contributed by atoms with van der Waals surface area (Å²) < 4.78 is 30.9. The van der Waals surface area contributed by atoms with Gasteiger partial charge >= 0.3 is 5.97 Å². The summed E-state index contributed by atoms with van der Waals surface area (Å²) in [6.07, 6.45) is 5.16. The van der Waals surface area contributed by atoms with Crippen molar-refractivity contribution in [3.8, 4) is 5.75 Å². The molecule has 11 nitrogen and oxygen atoms in total. The molecule has 3 aromatic rings. The van der Waals surface area contributed by atoms with E-state index in [9.17, 15) is 14.2 Å². The Kier molecular flexibility index (Phi) is 13.3. The van der Waals surface area contributed by atoms with Gasteiger partial charge in [-0.05, 0) is 43.7 Å². The predicted octanol–water partition coefficient (Wildman–Crippen LogP) is 7.17. The van der Waals surface area contributed by atoms with E-state index < -0.39 is 13.7 Å². The van der Waals surface area contributed by atoms with Crippen LogP contribution >= 0.6 is 23.3 Å². The lowest BCUT2D eigenvalue weighted by Gasteiger charge is -2.26. The highest BCUT2D eigenvalue weighted by atomic mass is 79.9. The topological polar surface area (TPSA) is 132 Å². The van der Waals surface area contributed by atoms with E-state index in [1.807, 2.05) is 45.0 Å². The predicted molar refractivity (Wildman–Crippen MR) is 178 cm³/mol. The Balaban J connectivity index is 1.64. The van der Waals surface area contributed by atoms with E-state index in [2.05, 4.69) is 36.5 Å². The zero-order valence-electron chi connectivity index (χ0n) is 26.0. The van der Waals surface area contributed by atoms with Crippen molar-refractivity contribution in [1.82, 2.24) is 14.9 Å². The number of nitrogens with zero attached hydrogens (tertiary/aromatic N) is 3. The van der Waals surface area contributed by atoms with Crippen LogP contribution in [0.5, 0.6) is 5.75 Å². The van der Waals surface area contributed by atoms with Crippen molar-refractivity contribution in [2.75, 3.05) is 44.3 Å². The second-order valence-corrected chi connectivity index (χ2v) is 14.4. The van der Waals surface area contributed by atoms with Gasteiger partial charge in [-0.15, -0.1) is 0 Å². The van der Waals surface area contributed by atoms with Crippen LogP contribution in [-0.4, -0.2) is 66.7 Å². The fourth-order valence-electron chi connectivity index (χ4n) is 4.35. The molecule has 0 aliphatic rings. The van der Waals surface area contributed by atoms with Crippen LogP contribution in [0.15, 0.2) is 59.4 Å². The van der Waals surface area contributed by atoms with Crippen LogP contribution < -0.4 is 15.4 Å². The maximum atomic E-state index is 13.2. The average Bonchev–Trinajstić information content (AvgIpc) is 2.92. The number of carbonyl (C=O) groups is 2. The van der Waals surface area contributed by atoms with Gasteiger partial charge < -0.3 is 20.1 Å². The number of halogens is 1. The first kappa shape index (κ1) is 35.2. The van der Waals surface area contributed by atoms with Crippen molar-refractivity contribution >= 4 is 63.3 Å². The van der Waals surface area contributed by atoms with Gasteiger partial charge in [0, 0.05) is 53.7 Å². The summed E-state index contributed by atoms with van der Waals surface area (Å²) in [6, 6.07) is 11.2. The molecule has 1 aromatic heterocycles. The van der Waals surface area contributed by atoms with Crippen molar-refractivity contribution in [2.24, 2.45) is 5.92 Å². The number of anilines is 3. The molecule has 0 fully saturated rings. The number of esters is 1. The third-order valence-corrected chi connectivity index (χ3v) is 8.38. The van der Waals surface area contributed by atoms with Crippen molar-refractivity contribution in [3.05, 3.63) is 59.4 Å². The highest BCUT2D eigenvalue weighted by Gasteiger charge is 2.27. The van der Waals surface area contributed by atoms with Gasteiger partial charge in [-0.2, -0.15) is 0 Å². The standard InChI is InChI=1S/C31H41BrN5O6P/c1-7-10-29(39)42-30(15-21(2)3)43-44(6,40)20-37(4)14-9-13-28(38)36-26-17-24-25(18-27(26)41-5)33-19-34-31(24)35-23-12-8-11-22(32)16-23/h8-9,11-13,16-19,21,30H,7,10,14-15,20H2,1-6H3,(H,36,38)(H,33,34,35). The molecular weight excluding hydrogens is 649 g/mol. The number of nitrogens with one attached hydrogen (secondary N) is 2. The third-order valence-electron chi connectivity index (χ3n) is 6.21. The van der Waals surface area contributed by atoms with Crippen LogP contribution in [0.1, 0.15) is 40.0 Å². The first-order valence-corrected chi connectivity index (χ1v) is 17.4. The van der Waals surface area contributed by atoms with Crippen LogP contribution in [0.25, 0.3) is 10.9 Å². The summed E-state index contributed by atoms with van der Waals surface area (Å²) in [6.45, 7) is 7.71. The number of hydrogen-bond acceptors (Lipinski definition) is 10. The normalized spacial score (nSPS) is 13.7. The molecule has 0 saturated heterocycles. The van der Waals surface area contributed by atoms with Crippen LogP contribution in [0.3, 0.4) is 0 Å². The molecule has 1 heterocycles. The highest BCUT2D eigenvalue weighted by molar-refractivity contribution is 9.10. The molecule has 1 amide bonds. The van der Waals surface area contributed by atoms with E-state index >= 15 is 0 Å². The van der Waals surface area contributed by atoms with Crippen molar-refractivity contribution < 1.29 is 28.2 Å². The SMILES string of the molecule is CCCC(=O)OC(CC(C)C)OP(C)(=O)CN(C)CC=CC(=O)Nc1cc2c(Nc3cccc(Br)c3)ncnc2cc1OC. The van der Waals surface area contributed by atoms with Gasteiger partial charge in [0.1, 0.15) is 17.9 Å². The monoisotopic (exact) mass is 689 g/mol. The Morgan fingerprint density at radius 3 is 2.64 bits per heavy atom. The molecule has 2 N–H and O–H groups in total. The van der Waals surface area contributed by atoms with Gasteiger partial charge in [-0.25, -0.2) is 9.97 Å². The molecule has 0 aliphatic heterocycles. The quantitative estimate of drug-likeness (QED) is 0.0690. The van der Waals surface area contributed by atoms with E-state index in [4.69, 9.17) is 14.0 Å². The second kappa shape index (κ2) is 16.7. The molecule has 0 saturated carbocycles. The Morgan fingerprint density at radius 2 is 1.95 bits per heavy atom. The fraction of sp³-hybridized carbons (Fsp3) is 0.419. The van der Waals surface area contributed by atoms with E-state index in [0.29, 0.717) is 47.5 Å². The Bertz CT molecular complexity index is 1520. The first-order valence-electron chi connectivity index (χ1n) is 14.3. The Labute approximate surface area is 267 Å². The molecule has 0 bridgehead atoms. The summed E-state index contributed by atoms with van der Waals surface area (Å²) >= 11 is 3.47. The number of rotatable bonds is 16. The van der Waals surface area contributed by atoms with Crippen molar-refractivity contribution in [1.29, 1.82) is 0 Å². The number of amides is 1. The van der Waals surface area contributed by atoms with E-state index in [1.54, 1.807) is 30.2 Å². The largest absolute Gasteiger partial charge is 0.494 e. The summed E-state index contributed by atoms with van der Waals surface area (Å²) in [5.41, 5.74) is 1.93. The number of methoxy groups -OCH3 is 1. The molecule has 3 rings (SSSR count). The van der Waals surface area contributed by atoms with Crippen molar-refractivity contribution in [3.63, 3.8) is 0 Å². The van der Waals surface area contributed by atoms with Gasteiger partial charge in [-0.1, -0.05) is 48.8 Å². The third kappa shape index (κ3) is 11.3. The highest BCUT2D eigenvalue weighted by Crippen LogP contribution is 2.45. The maximum Gasteiger partial charge on any atom is 0.308 e. The molecule has 2 unspecified atom stereocenters. The zero-order chi connectivity index (χ0) is 32.3. The van der Waals surface area contributed by atoms with Gasteiger partial charge in [-0.3, -0.25) is 23.6 Å². The summed E-state index contributed by atoms with van der Waals surface area (Å²) in [5.74, 6) is 0.475. The van der Waals surface area contributed by atoms with Crippen LogP contribution in [-0.2, 0) is 23.4 Å². The summed E-state index contributed by atoms with van der Waals surface area (Å²) in [7, 11) is 0.146. The number of hydrogen-bond donors (Lipinski definition) is 2. The summed E-state index contributed by atoms with van der Waals surface area (Å²) in [4.78, 5) is 35.4. The minimum absolute atomic E-state index is 0.116. The molecule has 13 heteroatoms. The molecule has 2 atom stereocenters. The smallest absolute Gasteiger partial charge is 0.308 e. The molecule has 0 radical (unpaired) electrons. The second-order valence-electron chi connectivity index (χ2n) is 10.9. The number of benzene rings is 2. The fourth-order valence-corrected chi connectivity index (χ4v) is 6.44. The number of fused-ring (bicyclic) bond motifs is 1. The van der Waals surface area contributed by atoms with Gasteiger partial charge in [0.15, 0.2) is 0 Å².